The third-order valence-corrected chi connectivity index (χ3v) is 6.00. The molecule has 2 nitrogen and oxygen atoms in total. The molecule has 2 aliphatic carbocycles. The van der Waals surface area contributed by atoms with Gasteiger partial charge in [0.1, 0.15) is 5.76 Å². The minimum atomic E-state index is 0.587. The van der Waals surface area contributed by atoms with Crippen LogP contribution in [0, 0.1) is 0 Å². The van der Waals surface area contributed by atoms with Gasteiger partial charge >= 0.3 is 0 Å². The fraction of sp³-hybridized carbons (Fsp3) is 0.857. The molecule has 0 radical (unpaired) electrons. The van der Waals surface area contributed by atoms with E-state index in [-0.39, 0.29) is 0 Å². The van der Waals surface area contributed by atoms with Crippen LogP contribution >= 0.6 is 0 Å². The average Bonchev–Trinajstić information content (AvgIpc) is 3.02. The normalized spacial score (nSPS) is 24.0. The second kappa shape index (κ2) is 9.49. The highest BCUT2D eigenvalue weighted by molar-refractivity contribution is 5.05. The van der Waals surface area contributed by atoms with Crippen LogP contribution in [0.1, 0.15) is 126 Å². The molecule has 0 aromatic carbocycles. The smallest absolute Gasteiger partial charge is 0.197 e. The van der Waals surface area contributed by atoms with Crippen molar-refractivity contribution < 1.29 is 4.42 Å². The van der Waals surface area contributed by atoms with Gasteiger partial charge in [0.05, 0.1) is 6.20 Å². The van der Waals surface area contributed by atoms with Crippen LogP contribution in [0.4, 0.5) is 0 Å². The second-order valence-electron chi connectivity index (χ2n) is 7.89. The summed E-state index contributed by atoms with van der Waals surface area (Å²) >= 11 is 0. The summed E-state index contributed by atoms with van der Waals surface area (Å²) in [5, 5.41) is 0. The number of nitrogens with zero attached hydrogens (tertiary/aromatic N) is 1. The second-order valence-corrected chi connectivity index (χ2v) is 7.89. The van der Waals surface area contributed by atoms with Crippen LogP contribution in [0.15, 0.2) is 10.6 Å². The Balaban J connectivity index is 1.61. The highest BCUT2D eigenvalue weighted by Crippen LogP contribution is 2.35. The van der Waals surface area contributed by atoms with Gasteiger partial charge in [-0.05, 0) is 25.7 Å². The van der Waals surface area contributed by atoms with Crippen molar-refractivity contribution >= 4 is 0 Å². The zero-order chi connectivity index (χ0) is 15.7. The van der Waals surface area contributed by atoms with Gasteiger partial charge in [-0.3, -0.25) is 0 Å². The first-order chi connectivity index (χ1) is 11.4. The molecule has 3 rings (SSSR count). The van der Waals surface area contributed by atoms with E-state index in [1.165, 1.54) is 108 Å². The van der Waals surface area contributed by atoms with E-state index in [1.807, 2.05) is 0 Å². The summed E-state index contributed by atoms with van der Waals surface area (Å²) in [4.78, 5) is 4.72. The Morgan fingerprint density at radius 2 is 1.04 bits per heavy atom. The third kappa shape index (κ3) is 5.36. The van der Waals surface area contributed by atoms with E-state index in [2.05, 4.69) is 6.20 Å². The van der Waals surface area contributed by atoms with Crippen LogP contribution in [0.5, 0.6) is 0 Å². The summed E-state index contributed by atoms with van der Waals surface area (Å²) in [5.74, 6) is 3.47. The molecule has 0 aliphatic heterocycles. The minimum absolute atomic E-state index is 0.587. The van der Waals surface area contributed by atoms with Gasteiger partial charge in [-0.1, -0.05) is 77.0 Å². The Bertz CT molecular complexity index is 421. The van der Waals surface area contributed by atoms with E-state index in [9.17, 15) is 0 Å². The maximum atomic E-state index is 6.32. The summed E-state index contributed by atoms with van der Waals surface area (Å²) in [6, 6.07) is 0. The molecule has 1 aromatic rings. The fourth-order valence-corrected chi connectivity index (χ4v) is 4.48. The molecule has 1 aromatic heterocycles. The van der Waals surface area contributed by atoms with E-state index < -0.39 is 0 Å². The van der Waals surface area contributed by atoms with Crippen LogP contribution in [0.25, 0.3) is 0 Å². The number of oxazole rings is 1. The van der Waals surface area contributed by atoms with Crippen LogP contribution in [0.3, 0.4) is 0 Å². The summed E-state index contributed by atoms with van der Waals surface area (Å²) in [5.41, 5.74) is 0. The van der Waals surface area contributed by atoms with E-state index in [0.717, 1.165) is 5.89 Å². The molecule has 0 spiro atoms. The van der Waals surface area contributed by atoms with Crippen molar-refractivity contribution in [2.45, 2.75) is 115 Å². The third-order valence-electron chi connectivity index (χ3n) is 6.00. The number of rotatable bonds is 2. The number of hydrogen-bond donors (Lipinski definition) is 0. The molecular weight excluding hydrogens is 282 g/mol. The topological polar surface area (TPSA) is 26.0 Å². The van der Waals surface area contributed by atoms with Gasteiger partial charge in [0, 0.05) is 11.8 Å². The van der Waals surface area contributed by atoms with Gasteiger partial charge in [-0.2, -0.15) is 0 Å². The summed E-state index contributed by atoms with van der Waals surface area (Å²) in [6.07, 6.45) is 24.0. The molecule has 2 aliphatic rings. The number of hydrogen-bond acceptors (Lipinski definition) is 2. The van der Waals surface area contributed by atoms with Crippen molar-refractivity contribution in [2.75, 3.05) is 0 Å². The first kappa shape index (κ1) is 17.0. The lowest BCUT2D eigenvalue weighted by Crippen LogP contribution is -2.03. The van der Waals surface area contributed by atoms with Crippen molar-refractivity contribution in [1.82, 2.24) is 4.98 Å². The molecular formula is C21H35NO. The molecule has 23 heavy (non-hydrogen) atoms. The lowest BCUT2D eigenvalue weighted by molar-refractivity contribution is 0.338. The molecule has 1 heterocycles. The average molecular weight is 318 g/mol. The van der Waals surface area contributed by atoms with Crippen molar-refractivity contribution in [1.29, 1.82) is 0 Å². The largest absolute Gasteiger partial charge is 0.445 e. The van der Waals surface area contributed by atoms with Crippen molar-refractivity contribution in [3.05, 3.63) is 17.8 Å². The maximum absolute atomic E-state index is 6.32. The monoisotopic (exact) mass is 317 g/mol. The Morgan fingerprint density at radius 3 is 1.57 bits per heavy atom. The fourth-order valence-electron chi connectivity index (χ4n) is 4.48. The first-order valence-electron chi connectivity index (χ1n) is 10.4. The molecule has 0 saturated heterocycles. The van der Waals surface area contributed by atoms with E-state index >= 15 is 0 Å². The van der Waals surface area contributed by atoms with Crippen molar-refractivity contribution in [3.8, 4) is 0 Å². The summed E-state index contributed by atoms with van der Waals surface area (Å²) < 4.78 is 6.32. The quantitative estimate of drug-likeness (QED) is 0.581. The van der Waals surface area contributed by atoms with Crippen molar-refractivity contribution in [2.24, 2.45) is 0 Å². The highest BCUT2D eigenvalue weighted by atomic mass is 16.4. The first-order valence-corrected chi connectivity index (χ1v) is 10.4. The highest BCUT2D eigenvalue weighted by Gasteiger charge is 2.22. The Kier molecular flexibility index (Phi) is 7.04. The maximum Gasteiger partial charge on any atom is 0.197 e. The molecule has 2 fully saturated rings. The van der Waals surface area contributed by atoms with Crippen LogP contribution in [-0.2, 0) is 0 Å². The van der Waals surface area contributed by atoms with Crippen LogP contribution in [-0.4, -0.2) is 4.98 Å². The van der Waals surface area contributed by atoms with Crippen molar-refractivity contribution in [3.63, 3.8) is 0 Å². The number of aromatic nitrogens is 1. The Labute approximate surface area is 142 Å². The summed E-state index contributed by atoms with van der Waals surface area (Å²) in [6.45, 7) is 0. The van der Waals surface area contributed by atoms with E-state index in [1.54, 1.807) is 0 Å². The molecule has 0 atom stereocenters. The SMILES string of the molecule is c1nc(C2CCCCCCC2)oc1C1CCCCCCCCC1. The van der Waals surface area contributed by atoms with Gasteiger partial charge in [0.25, 0.3) is 0 Å². The Hall–Kier alpha value is -0.790. The lowest BCUT2D eigenvalue weighted by Gasteiger charge is -2.18. The van der Waals surface area contributed by atoms with Crippen LogP contribution < -0.4 is 0 Å². The lowest BCUT2D eigenvalue weighted by atomic mass is 9.91. The van der Waals surface area contributed by atoms with Gasteiger partial charge in [0.15, 0.2) is 5.89 Å². The van der Waals surface area contributed by atoms with E-state index in [0.29, 0.717) is 11.8 Å². The minimum Gasteiger partial charge on any atom is -0.445 e. The van der Waals surface area contributed by atoms with Gasteiger partial charge in [0.2, 0.25) is 0 Å². The molecule has 130 valence electrons. The van der Waals surface area contributed by atoms with Gasteiger partial charge in [-0.25, -0.2) is 4.98 Å². The van der Waals surface area contributed by atoms with Crippen LogP contribution in [0.2, 0.25) is 0 Å². The molecule has 2 saturated carbocycles. The van der Waals surface area contributed by atoms with Gasteiger partial charge < -0.3 is 4.42 Å². The molecule has 0 N–H and O–H groups in total. The summed E-state index contributed by atoms with van der Waals surface area (Å²) in [7, 11) is 0. The molecule has 2 heteroatoms. The Morgan fingerprint density at radius 1 is 0.609 bits per heavy atom. The predicted octanol–water partition coefficient (Wildman–Crippen LogP) is 7.11. The molecule has 0 bridgehead atoms. The van der Waals surface area contributed by atoms with E-state index in [4.69, 9.17) is 9.40 Å². The molecule has 0 unspecified atom stereocenters. The van der Waals surface area contributed by atoms with Gasteiger partial charge in [-0.15, -0.1) is 0 Å². The molecule has 0 amide bonds. The zero-order valence-electron chi connectivity index (χ0n) is 14.9. The zero-order valence-corrected chi connectivity index (χ0v) is 14.9. The standard InChI is InChI=1S/C21H35NO/c1-2-5-9-13-18(14-10-6-3-1)20-17-22-21(23-20)19-15-11-7-4-8-12-16-19/h17-19H,1-16H2. The predicted molar refractivity (Wildman–Crippen MR) is 95.9 cm³/mol.